The molecule has 1 aliphatic rings. The van der Waals surface area contributed by atoms with E-state index in [2.05, 4.69) is 29.3 Å². The molecule has 0 saturated heterocycles. The highest BCUT2D eigenvalue weighted by Gasteiger charge is 2.27. The van der Waals surface area contributed by atoms with Gasteiger partial charge in [-0.1, -0.05) is 5.16 Å². The number of carbonyl (C=O) groups excluding carboxylic acids is 1. The number of hydrogen-bond acceptors (Lipinski definition) is 5. The van der Waals surface area contributed by atoms with Crippen LogP contribution >= 0.6 is 0 Å². The molecule has 0 saturated carbocycles. The van der Waals surface area contributed by atoms with E-state index in [9.17, 15) is 4.79 Å². The highest BCUT2D eigenvalue weighted by atomic mass is 16.5. The third-order valence-corrected chi connectivity index (χ3v) is 4.46. The largest absolute Gasteiger partial charge is 0.361 e. The molecule has 1 aliphatic heterocycles. The van der Waals surface area contributed by atoms with Crippen LogP contribution in [0.1, 0.15) is 33.9 Å². The normalized spacial score (nSPS) is 17.1. The van der Waals surface area contributed by atoms with Gasteiger partial charge in [-0.3, -0.25) is 9.48 Å². The molecule has 2 aromatic rings. The van der Waals surface area contributed by atoms with E-state index >= 15 is 0 Å². The van der Waals surface area contributed by atoms with E-state index in [4.69, 9.17) is 4.52 Å². The molecule has 0 unspecified atom stereocenters. The molecule has 0 bridgehead atoms. The lowest BCUT2D eigenvalue weighted by molar-refractivity contribution is 0.0780. The van der Waals surface area contributed by atoms with E-state index in [1.165, 1.54) is 0 Å². The van der Waals surface area contributed by atoms with Crippen LogP contribution in [-0.4, -0.2) is 58.3 Å². The zero-order valence-corrected chi connectivity index (χ0v) is 14.8. The highest BCUT2D eigenvalue weighted by molar-refractivity contribution is 5.95. The molecule has 1 amide bonds. The summed E-state index contributed by atoms with van der Waals surface area (Å²) in [5, 5.41) is 8.36. The van der Waals surface area contributed by atoms with E-state index < -0.39 is 0 Å². The van der Waals surface area contributed by atoms with Crippen molar-refractivity contribution in [3.63, 3.8) is 0 Å². The van der Waals surface area contributed by atoms with Gasteiger partial charge in [0, 0.05) is 26.2 Å². The molecule has 1 atom stereocenters. The standard InChI is InChI=1S/C17H25N5O2/c1-12-7-14(19-24-12)11-21(4)17(23)15-9-18-22-6-5-13(8-16(15)22)10-20(2)3/h7,9,13H,5-6,8,10-11H2,1-4H3/t13-/m1/s1. The molecule has 0 aromatic carbocycles. The van der Waals surface area contributed by atoms with Crippen LogP contribution in [0.5, 0.6) is 0 Å². The number of amides is 1. The Morgan fingerprint density at radius 3 is 2.88 bits per heavy atom. The van der Waals surface area contributed by atoms with Crippen LogP contribution in [-0.2, 0) is 19.5 Å². The first-order valence-corrected chi connectivity index (χ1v) is 8.31. The maximum Gasteiger partial charge on any atom is 0.257 e. The summed E-state index contributed by atoms with van der Waals surface area (Å²) in [5.74, 6) is 1.31. The van der Waals surface area contributed by atoms with Crippen LogP contribution in [0, 0.1) is 12.8 Å². The van der Waals surface area contributed by atoms with E-state index in [-0.39, 0.29) is 5.91 Å². The Morgan fingerprint density at radius 1 is 1.42 bits per heavy atom. The number of carbonyl (C=O) groups is 1. The quantitative estimate of drug-likeness (QED) is 0.832. The number of aryl methyl sites for hydroxylation is 2. The van der Waals surface area contributed by atoms with Crippen molar-refractivity contribution in [1.82, 2.24) is 24.7 Å². The van der Waals surface area contributed by atoms with Crippen LogP contribution in [0.3, 0.4) is 0 Å². The van der Waals surface area contributed by atoms with Gasteiger partial charge >= 0.3 is 0 Å². The first kappa shape index (κ1) is 16.7. The van der Waals surface area contributed by atoms with Gasteiger partial charge in [0.15, 0.2) is 0 Å². The zero-order chi connectivity index (χ0) is 17.3. The molecule has 3 rings (SSSR count). The van der Waals surface area contributed by atoms with Crippen molar-refractivity contribution in [2.75, 3.05) is 27.7 Å². The Hall–Kier alpha value is -2.15. The highest BCUT2D eigenvalue weighted by Crippen LogP contribution is 2.24. The number of aromatic nitrogens is 3. The van der Waals surface area contributed by atoms with Crippen LogP contribution in [0.4, 0.5) is 0 Å². The molecule has 24 heavy (non-hydrogen) atoms. The topological polar surface area (TPSA) is 67.4 Å². The van der Waals surface area contributed by atoms with Gasteiger partial charge in [-0.05, 0) is 39.8 Å². The van der Waals surface area contributed by atoms with Crippen LogP contribution in [0.15, 0.2) is 16.8 Å². The van der Waals surface area contributed by atoms with Crippen molar-refractivity contribution in [1.29, 1.82) is 0 Å². The predicted molar refractivity (Wildman–Crippen MR) is 89.6 cm³/mol. The van der Waals surface area contributed by atoms with Crippen LogP contribution < -0.4 is 0 Å². The van der Waals surface area contributed by atoms with Crippen LogP contribution in [0.25, 0.3) is 0 Å². The fraction of sp³-hybridized carbons (Fsp3) is 0.588. The third-order valence-electron chi connectivity index (χ3n) is 4.46. The molecule has 130 valence electrons. The average Bonchev–Trinajstić information content (AvgIpc) is 3.11. The fourth-order valence-electron chi connectivity index (χ4n) is 3.36. The molecule has 3 heterocycles. The lowest BCUT2D eigenvalue weighted by Gasteiger charge is -2.27. The van der Waals surface area contributed by atoms with Crippen molar-refractivity contribution < 1.29 is 9.32 Å². The molecular weight excluding hydrogens is 306 g/mol. The van der Waals surface area contributed by atoms with Gasteiger partial charge in [-0.2, -0.15) is 5.10 Å². The van der Waals surface area contributed by atoms with Gasteiger partial charge in [0.1, 0.15) is 11.5 Å². The molecular formula is C17H25N5O2. The first-order chi connectivity index (χ1) is 11.4. The summed E-state index contributed by atoms with van der Waals surface area (Å²) in [6.45, 7) is 4.19. The second-order valence-electron chi connectivity index (χ2n) is 6.94. The van der Waals surface area contributed by atoms with Gasteiger partial charge in [0.25, 0.3) is 5.91 Å². The molecule has 0 spiro atoms. The van der Waals surface area contributed by atoms with Crippen molar-refractivity contribution in [3.05, 3.63) is 35.0 Å². The van der Waals surface area contributed by atoms with Crippen molar-refractivity contribution in [2.24, 2.45) is 5.92 Å². The van der Waals surface area contributed by atoms with Gasteiger partial charge in [0.2, 0.25) is 0 Å². The molecule has 0 fully saturated rings. The number of hydrogen-bond donors (Lipinski definition) is 0. The summed E-state index contributed by atoms with van der Waals surface area (Å²) >= 11 is 0. The van der Waals surface area contributed by atoms with Crippen molar-refractivity contribution >= 4 is 5.91 Å². The minimum Gasteiger partial charge on any atom is -0.361 e. The second kappa shape index (κ2) is 6.76. The van der Waals surface area contributed by atoms with Gasteiger partial charge in [0.05, 0.1) is 24.0 Å². The average molecular weight is 331 g/mol. The van der Waals surface area contributed by atoms with Gasteiger partial charge in [-0.25, -0.2) is 0 Å². The maximum atomic E-state index is 12.8. The fourth-order valence-corrected chi connectivity index (χ4v) is 3.36. The Bertz CT molecular complexity index is 718. The van der Waals surface area contributed by atoms with E-state index in [1.54, 1.807) is 18.1 Å². The molecule has 7 nitrogen and oxygen atoms in total. The number of rotatable bonds is 5. The Labute approximate surface area is 142 Å². The SMILES string of the molecule is Cc1cc(CN(C)C(=O)c2cnn3c2C[C@H](CN(C)C)CC3)no1. The second-order valence-corrected chi connectivity index (χ2v) is 6.94. The summed E-state index contributed by atoms with van der Waals surface area (Å²) in [6.07, 6.45) is 3.71. The minimum absolute atomic E-state index is 0.0117. The van der Waals surface area contributed by atoms with Gasteiger partial charge in [-0.15, -0.1) is 0 Å². The predicted octanol–water partition coefficient (Wildman–Crippen LogP) is 1.58. The molecule has 0 radical (unpaired) electrons. The Kier molecular flexibility index (Phi) is 4.71. The summed E-state index contributed by atoms with van der Waals surface area (Å²) in [4.78, 5) is 16.7. The lowest BCUT2D eigenvalue weighted by atomic mass is 9.94. The minimum atomic E-state index is -0.0117. The number of fused-ring (bicyclic) bond motifs is 1. The molecule has 0 N–H and O–H groups in total. The summed E-state index contributed by atoms with van der Waals surface area (Å²) in [5.41, 5.74) is 2.53. The van der Waals surface area contributed by atoms with Crippen molar-refractivity contribution in [3.8, 4) is 0 Å². The van der Waals surface area contributed by atoms with E-state index in [1.807, 2.05) is 17.7 Å². The van der Waals surface area contributed by atoms with Crippen molar-refractivity contribution in [2.45, 2.75) is 32.9 Å². The summed E-state index contributed by atoms with van der Waals surface area (Å²) < 4.78 is 7.05. The maximum absolute atomic E-state index is 12.8. The lowest BCUT2D eigenvalue weighted by Crippen LogP contribution is -2.31. The monoisotopic (exact) mass is 331 g/mol. The molecule has 0 aliphatic carbocycles. The molecule has 7 heteroatoms. The first-order valence-electron chi connectivity index (χ1n) is 8.31. The Morgan fingerprint density at radius 2 is 2.21 bits per heavy atom. The van der Waals surface area contributed by atoms with Gasteiger partial charge < -0.3 is 14.3 Å². The molecule has 2 aromatic heterocycles. The van der Waals surface area contributed by atoms with E-state index in [0.29, 0.717) is 18.0 Å². The summed E-state index contributed by atoms with van der Waals surface area (Å²) in [6, 6.07) is 1.85. The zero-order valence-electron chi connectivity index (χ0n) is 14.8. The third kappa shape index (κ3) is 3.51. The van der Waals surface area contributed by atoms with Crippen LogP contribution in [0.2, 0.25) is 0 Å². The summed E-state index contributed by atoms with van der Waals surface area (Å²) in [7, 11) is 5.97. The smallest absolute Gasteiger partial charge is 0.257 e. The van der Waals surface area contributed by atoms with E-state index in [0.717, 1.165) is 43.1 Å². The number of nitrogens with zero attached hydrogens (tertiary/aromatic N) is 5. The Balaban J connectivity index is 1.73.